The molecule has 4 aromatic rings. The lowest BCUT2D eigenvalue weighted by Crippen LogP contribution is -2.35. The summed E-state index contributed by atoms with van der Waals surface area (Å²) in [5, 5.41) is 10.1. The van der Waals surface area contributed by atoms with E-state index in [1.807, 2.05) is 42.7 Å². The minimum Gasteiger partial charge on any atom is -0.383 e. The Kier molecular flexibility index (Phi) is 6.54. The summed E-state index contributed by atoms with van der Waals surface area (Å²) in [5.41, 5.74) is 5.37. The molecule has 0 spiro atoms. The lowest BCUT2D eigenvalue weighted by atomic mass is 10.1. The molecular formula is C25H28ClN5. The maximum atomic E-state index is 6.10. The number of likely N-dealkylation sites (N-methyl/N-ethyl adjacent to an activating group) is 1. The smallest absolute Gasteiger partial charge is 0.0737 e. The lowest BCUT2D eigenvalue weighted by Gasteiger charge is -2.24. The van der Waals surface area contributed by atoms with E-state index >= 15 is 0 Å². The molecule has 5 nitrogen and oxygen atoms in total. The molecule has 0 aliphatic rings. The van der Waals surface area contributed by atoms with Crippen molar-refractivity contribution in [2.24, 2.45) is 0 Å². The Morgan fingerprint density at radius 1 is 0.935 bits per heavy atom. The van der Waals surface area contributed by atoms with E-state index in [0.717, 1.165) is 52.8 Å². The summed E-state index contributed by atoms with van der Waals surface area (Å²) in [6.07, 6.45) is 3.69. The van der Waals surface area contributed by atoms with Crippen molar-refractivity contribution in [2.75, 3.05) is 37.3 Å². The largest absolute Gasteiger partial charge is 0.383 e. The summed E-state index contributed by atoms with van der Waals surface area (Å²) < 4.78 is 0. The first-order chi connectivity index (χ1) is 15.0. The number of fused-ring (bicyclic) bond motifs is 2. The number of pyridine rings is 2. The van der Waals surface area contributed by atoms with E-state index in [-0.39, 0.29) is 6.04 Å². The van der Waals surface area contributed by atoms with E-state index in [0.29, 0.717) is 5.02 Å². The zero-order valence-corrected chi connectivity index (χ0v) is 18.9. The van der Waals surface area contributed by atoms with Crippen molar-refractivity contribution in [3.63, 3.8) is 0 Å². The van der Waals surface area contributed by atoms with Gasteiger partial charge in [0.15, 0.2) is 0 Å². The van der Waals surface area contributed by atoms with Crippen molar-refractivity contribution >= 4 is 44.8 Å². The van der Waals surface area contributed by atoms with Gasteiger partial charge in [0.25, 0.3) is 0 Å². The average Bonchev–Trinajstić information content (AvgIpc) is 2.73. The topological polar surface area (TPSA) is 53.1 Å². The molecule has 4 rings (SSSR count). The maximum absolute atomic E-state index is 6.10. The molecule has 2 heterocycles. The quantitative estimate of drug-likeness (QED) is 0.379. The van der Waals surface area contributed by atoms with Gasteiger partial charge in [0.05, 0.1) is 11.0 Å². The first kappa shape index (κ1) is 21.3. The second-order valence-electron chi connectivity index (χ2n) is 8.13. The van der Waals surface area contributed by atoms with Crippen LogP contribution in [-0.2, 0) is 0 Å². The fourth-order valence-electron chi connectivity index (χ4n) is 3.91. The van der Waals surface area contributed by atoms with Crippen LogP contribution < -0.4 is 10.6 Å². The molecule has 0 aliphatic heterocycles. The summed E-state index contributed by atoms with van der Waals surface area (Å²) in [6, 6.07) is 16.6. The molecule has 31 heavy (non-hydrogen) atoms. The van der Waals surface area contributed by atoms with E-state index in [9.17, 15) is 0 Å². The number of aryl methyl sites for hydroxylation is 1. The molecule has 0 fully saturated rings. The zero-order chi connectivity index (χ0) is 21.8. The van der Waals surface area contributed by atoms with E-state index in [1.54, 1.807) is 0 Å². The molecule has 2 aromatic carbocycles. The zero-order valence-electron chi connectivity index (χ0n) is 18.2. The number of halogens is 1. The standard InChI is InChI=1S/C25H28ClN5/c1-17-4-6-20-22(8-10-27-24(20)14-17)29-12-13-31(3)16-18(2)30-23-9-11-28-25-15-19(26)5-7-21(23)25/h4-11,14-15,18H,12-13,16H2,1-3H3,(H,27,29)(H,28,30)/t18-/m0/s1. The molecule has 0 saturated heterocycles. The van der Waals surface area contributed by atoms with E-state index in [2.05, 4.69) is 64.6 Å². The van der Waals surface area contributed by atoms with Gasteiger partial charge in [0.2, 0.25) is 0 Å². The van der Waals surface area contributed by atoms with Crippen molar-refractivity contribution < 1.29 is 0 Å². The van der Waals surface area contributed by atoms with Crippen molar-refractivity contribution in [3.05, 3.63) is 71.5 Å². The van der Waals surface area contributed by atoms with E-state index in [4.69, 9.17) is 11.6 Å². The number of hydrogen-bond donors (Lipinski definition) is 2. The van der Waals surface area contributed by atoms with Gasteiger partial charge >= 0.3 is 0 Å². The molecule has 6 heteroatoms. The fourth-order valence-corrected chi connectivity index (χ4v) is 4.08. The molecule has 0 aliphatic carbocycles. The molecule has 0 radical (unpaired) electrons. The third-order valence-corrected chi connectivity index (χ3v) is 5.63. The number of benzene rings is 2. The summed E-state index contributed by atoms with van der Waals surface area (Å²) in [6.45, 7) is 7.02. The normalized spacial score (nSPS) is 12.4. The van der Waals surface area contributed by atoms with Crippen LogP contribution in [0.5, 0.6) is 0 Å². The van der Waals surface area contributed by atoms with Crippen molar-refractivity contribution in [3.8, 4) is 0 Å². The molecule has 0 bridgehead atoms. The second kappa shape index (κ2) is 9.50. The van der Waals surface area contributed by atoms with Crippen LogP contribution in [0.2, 0.25) is 5.02 Å². The molecule has 0 unspecified atom stereocenters. The summed E-state index contributed by atoms with van der Waals surface area (Å²) in [7, 11) is 2.15. The maximum Gasteiger partial charge on any atom is 0.0737 e. The Morgan fingerprint density at radius 2 is 1.61 bits per heavy atom. The number of aromatic nitrogens is 2. The first-order valence-electron chi connectivity index (χ1n) is 10.6. The molecule has 1 atom stereocenters. The van der Waals surface area contributed by atoms with Gasteiger partial charge in [0.1, 0.15) is 0 Å². The predicted octanol–water partition coefficient (Wildman–Crippen LogP) is 5.59. The van der Waals surface area contributed by atoms with Crippen LogP contribution in [-0.4, -0.2) is 47.6 Å². The highest BCUT2D eigenvalue weighted by molar-refractivity contribution is 6.31. The van der Waals surface area contributed by atoms with Crippen molar-refractivity contribution in [1.29, 1.82) is 0 Å². The van der Waals surface area contributed by atoms with Gasteiger partial charge in [-0.2, -0.15) is 0 Å². The van der Waals surface area contributed by atoms with Crippen molar-refractivity contribution in [2.45, 2.75) is 19.9 Å². The number of hydrogen-bond acceptors (Lipinski definition) is 5. The van der Waals surface area contributed by atoms with Gasteiger partial charge < -0.3 is 15.5 Å². The van der Waals surface area contributed by atoms with Gasteiger partial charge in [0, 0.05) is 65.2 Å². The number of rotatable bonds is 8. The Balaban J connectivity index is 1.32. The average molecular weight is 434 g/mol. The SMILES string of the molecule is Cc1ccc2c(NCCN(C)C[C@H](C)Nc3ccnc4cc(Cl)ccc34)ccnc2c1. The molecule has 2 N–H and O–H groups in total. The van der Waals surface area contributed by atoms with Crippen LogP contribution in [0.1, 0.15) is 12.5 Å². The number of nitrogens with zero attached hydrogens (tertiary/aromatic N) is 3. The first-order valence-corrected chi connectivity index (χ1v) is 11.0. The highest BCUT2D eigenvalue weighted by atomic mass is 35.5. The minimum absolute atomic E-state index is 0.288. The summed E-state index contributed by atoms with van der Waals surface area (Å²) >= 11 is 6.10. The van der Waals surface area contributed by atoms with Gasteiger partial charge in [-0.15, -0.1) is 0 Å². The molecule has 0 amide bonds. The van der Waals surface area contributed by atoms with Crippen LogP contribution in [0.4, 0.5) is 11.4 Å². The summed E-state index contributed by atoms with van der Waals surface area (Å²) in [4.78, 5) is 11.2. The minimum atomic E-state index is 0.288. The van der Waals surface area contributed by atoms with Gasteiger partial charge in [-0.1, -0.05) is 23.7 Å². The highest BCUT2D eigenvalue weighted by Gasteiger charge is 2.10. The van der Waals surface area contributed by atoms with E-state index in [1.165, 1.54) is 5.56 Å². The Hall–Kier alpha value is -2.89. The van der Waals surface area contributed by atoms with Crippen LogP contribution in [0.15, 0.2) is 60.9 Å². The van der Waals surface area contributed by atoms with Crippen LogP contribution >= 0.6 is 11.6 Å². The number of nitrogens with one attached hydrogen (secondary N) is 2. The molecule has 2 aromatic heterocycles. The van der Waals surface area contributed by atoms with Gasteiger partial charge in [-0.05, 0) is 62.9 Å². The molecule has 160 valence electrons. The molecule has 0 saturated carbocycles. The third kappa shape index (κ3) is 5.24. The van der Waals surface area contributed by atoms with Gasteiger partial charge in [-0.3, -0.25) is 9.97 Å². The molecular weight excluding hydrogens is 406 g/mol. The lowest BCUT2D eigenvalue weighted by molar-refractivity contribution is 0.336. The van der Waals surface area contributed by atoms with Crippen LogP contribution in [0, 0.1) is 6.92 Å². The highest BCUT2D eigenvalue weighted by Crippen LogP contribution is 2.25. The predicted molar refractivity (Wildman–Crippen MR) is 132 cm³/mol. The third-order valence-electron chi connectivity index (χ3n) is 5.40. The summed E-state index contributed by atoms with van der Waals surface area (Å²) in [5.74, 6) is 0. The Morgan fingerprint density at radius 3 is 2.42 bits per heavy atom. The second-order valence-corrected chi connectivity index (χ2v) is 8.57. The monoisotopic (exact) mass is 433 g/mol. The van der Waals surface area contributed by atoms with E-state index < -0.39 is 0 Å². The van der Waals surface area contributed by atoms with Crippen LogP contribution in [0.25, 0.3) is 21.8 Å². The Labute approximate surface area is 188 Å². The number of anilines is 2. The Bertz CT molecular complexity index is 1190. The fraction of sp³-hybridized carbons (Fsp3) is 0.280. The van der Waals surface area contributed by atoms with Crippen LogP contribution in [0.3, 0.4) is 0 Å². The van der Waals surface area contributed by atoms with Crippen molar-refractivity contribution in [1.82, 2.24) is 14.9 Å². The van der Waals surface area contributed by atoms with Gasteiger partial charge in [-0.25, -0.2) is 0 Å².